The van der Waals surface area contributed by atoms with Crippen LogP contribution in [-0.2, 0) is 17.8 Å². The van der Waals surface area contributed by atoms with Gasteiger partial charge in [-0.3, -0.25) is 19.6 Å². The van der Waals surface area contributed by atoms with Crippen LogP contribution < -0.4 is 5.73 Å². The van der Waals surface area contributed by atoms with E-state index in [2.05, 4.69) is 32.3 Å². The lowest BCUT2D eigenvalue weighted by Gasteiger charge is -2.35. The Balaban J connectivity index is 1.21. The number of nitrogens with two attached hydrogens (primary N) is 1. The first-order chi connectivity index (χ1) is 15.6. The standard InChI is InChI=1S/C24H30N4O3S/c25-24(30)19(13-18-3-1-7-26-15-18)14-20(29)16-27-8-10-28(11-9-27)17-21-5-6-22(31-21)23-4-2-12-32-23/h1-7,12,15,19-20,29H,8-11,13-14,16-17H2,(H2,25,30). The van der Waals surface area contributed by atoms with Gasteiger partial charge in [-0.05, 0) is 48.1 Å². The Morgan fingerprint density at radius 2 is 1.97 bits per heavy atom. The minimum absolute atomic E-state index is 0.363. The lowest BCUT2D eigenvalue weighted by molar-refractivity contribution is -0.122. The SMILES string of the molecule is NC(=O)C(Cc1cccnc1)CC(O)CN1CCN(Cc2ccc(-c3cccs3)o2)CC1. The molecule has 3 aromatic heterocycles. The highest BCUT2D eigenvalue weighted by Crippen LogP contribution is 2.27. The van der Waals surface area contributed by atoms with Crippen LogP contribution in [0.2, 0.25) is 0 Å². The molecule has 2 atom stereocenters. The van der Waals surface area contributed by atoms with Gasteiger partial charge in [-0.25, -0.2) is 0 Å². The van der Waals surface area contributed by atoms with Crippen molar-refractivity contribution >= 4 is 17.2 Å². The van der Waals surface area contributed by atoms with Crippen LogP contribution in [-0.4, -0.2) is 64.6 Å². The molecule has 1 amide bonds. The number of hydrogen-bond acceptors (Lipinski definition) is 7. The molecule has 0 radical (unpaired) electrons. The Hall–Kier alpha value is -2.52. The second-order valence-electron chi connectivity index (χ2n) is 8.37. The number of rotatable bonds is 10. The Bertz CT molecular complexity index is 968. The number of primary amides is 1. The van der Waals surface area contributed by atoms with Gasteiger partial charge in [-0.15, -0.1) is 11.3 Å². The third kappa shape index (κ3) is 6.26. The van der Waals surface area contributed by atoms with Crippen LogP contribution >= 0.6 is 11.3 Å². The summed E-state index contributed by atoms with van der Waals surface area (Å²) >= 11 is 1.68. The van der Waals surface area contributed by atoms with Crippen molar-refractivity contribution in [2.45, 2.75) is 25.5 Å². The van der Waals surface area contributed by atoms with Gasteiger partial charge in [0.25, 0.3) is 0 Å². The van der Waals surface area contributed by atoms with E-state index in [1.165, 1.54) is 0 Å². The number of amides is 1. The number of aromatic nitrogens is 1. The second kappa shape index (κ2) is 10.9. The summed E-state index contributed by atoms with van der Waals surface area (Å²) in [6, 6.07) is 12.0. The molecule has 0 aromatic carbocycles. The number of furan rings is 1. The topological polar surface area (TPSA) is 95.8 Å². The molecule has 1 fully saturated rings. The number of pyridine rings is 1. The van der Waals surface area contributed by atoms with Crippen LogP contribution in [0.3, 0.4) is 0 Å². The highest BCUT2D eigenvalue weighted by molar-refractivity contribution is 7.13. The molecule has 7 nitrogen and oxygen atoms in total. The molecule has 0 aliphatic carbocycles. The van der Waals surface area contributed by atoms with Gasteiger partial charge in [0.2, 0.25) is 5.91 Å². The maximum absolute atomic E-state index is 11.9. The van der Waals surface area contributed by atoms with E-state index in [1.807, 2.05) is 24.3 Å². The van der Waals surface area contributed by atoms with Crippen molar-refractivity contribution in [1.29, 1.82) is 0 Å². The number of carbonyl (C=O) groups is 1. The highest BCUT2D eigenvalue weighted by atomic mass is 32.1. The third-order valence-electron chi connectivity index (χ3n) is 5.90. The van der Waals surface area contributed by atoms with Gasteiger partial charge in [0.1, 0.15) is 11.5 Å². The summed E-state index contributed by atoms with van der Waals surface area (Å²) in [5.41, 5.74) is 6.55. The number of aliphatic hydroxyl groups excluding tert-OH is 1. The molecule has 0 bridgehead atoms. The first-order valence-corrected chi connectivity index (χ1v) is 11.9. The largest absolute Gasteiger partial charge is 0.459 e. The lowest BCUT2D eigenvalue weighted by Crippen LogP contribution is -2.48. The summed E-state index contributed by atoms with van der Waals surface area (Å²) < 4.78 is 6.00. The second-order valence-corrected chi connectivity index (χ2v) is 9.32. The molecule has 3 aromatic rings. The van der Waals surface area contributed by atoms with Gasteiger partial charge < -0.3 is 15.3 Å². The minimum Gasteiger partial charge on any atom is -0.459 e. The molecule has 2 unspecified atom stereocenters. The molecule has 32 heavy (non-hydrogen) atoms. The molecule has 4 rings (SSSR count). The van der Waals surface area contributed by atoms with E-state index in [0.717, 1.165) is 54.7 Å². The first kappa shape index (κ1) is 22.7. The number of β-amino-alcohol motifs (C(OH)–C–C–N with tert-alkyl or cyclic N) is 1. The zero-order chi connectivity index (χ0) is 22.3. The van der Waals surface area contributed by atoms with E-state index in [9.17, 15) is 9.90 Å². The van der Waals surface area contributed by atoms with Crippen molar-refractivity contribution < 1.29 is 14.3 Å². The van der Waals surface area contributed by atoms with E-state index < -0.39 is 12.0 Å². The van der Waals surface area contributed by atoms with E-state index in [1.54, 1.807) is 23.7 Å². The van der Waals surface area contributed by atoms with Gasteiger partial charge in [-0.2, -0.15) is 0 Å². The van der Waals surface area contributed by atoms with E-state index in [0.29, 0.717) is 19.4 Å². The summed E-state index contributed by atoms with van der Waals surface area (Å²) in [5, 5.41) is 12.7. The normalized spacial score (nSPS) is 17.3. The number of hydrogen-bond donors (Lipinski definition) is 2. The quantitative estimate of drug-likeness (QED) is 0.489. The third-order valence-corrected chi connectivity index (χ3v) is 6.79. The maximum atomic E-state index is 11.9. The minimum atomic E-state index is -0.589. The molecule has 170 valence electrons. The lowest BCUT2D eigenvalue weighted by atomic mass is 9.93. The predicted octanol–water partition coefficient (Wildman–Crippen LogP) is 2.62. The van der Waals surface area contributed by atoms with Gasteiger partial charge in [0.05, 0.1) is 17.5 Å². The van der Waals surface area contributed by atoms with E-state index in [-0.39, 0.29) is 5.91 Å². The van der Waals surface area contributed by atoms with E-state index in [4.69, 9.17) is 10.2 Å². The van der Waals surface area contributed by atoms with Crippen LogP contribution in [0.4, 0.5) is 0 Å². The monoisotopic (exact) mass is 454 g/mol. The molecular formula is C24H30N4O3S. The molecule has 1 aliphatic heterocycles. The van der Waals surface area contributed by atoms with Crippen molar-refractivity contribution in [3.63, 3.8) is 0 Å². The molecule has 0 spiro atoms. The number of piperazine rings is 1. The van der Waals surface area contributed by atoms with Gasteiger partial charge in [0, 0.05) is 51.0 Å². The fourth-order valence-corrected chi connectivity index (χ4v) is 4.86. The summed E-state index contributed by atoms with van der Waals surface area (Å²) in [6.07, 6.45) is 3.72. The number of thiophene rings is 1. The van der Waals surface area contributed by atoms with Crippen molar-refractivity contribution in [2.75, 3.05) is 32.7 Å². The summed E-state index contributed by atoms with van der Waals surface area (Å²) in [7, 11) is 0. The Morgan fingerprint density at radius 1 is 1.16 bits per heavy atom. The maximum Gasteiger partial charge on any atom is 0.220 e. The van der Waals surface area contributed by atoms with Gasteiger partial charge in [-0.1, -0.05) is 12.1 Å². The van der Waals surface area contributed by atoms with Crippen molar-refractivity contribution in [1.82, 2.24) is 14.8 Å². The van der Waals surface area contributed by atoms with E-state index >= 15 is 0 Å². The van der Waals surface area contributed by atoms with Crippen LogP contribution in [0.15, 0.2) is 58.6 Å². The van der Waals surface area contributed by atoms with Gasteiger partial charge in [0.15, 0.2) is 0 Å². The van der Waals surface area contributed by atoms with Crippen LogP contribution in [0, 0.1) is 5.92 Å². The highest BCUT2D eigenvalue weighted by Gasteiger charge is 2.24. The van der Waals surface area contributed by atoms with Crippen LogP contribution in [0.1, 0.15) is 17.7 Å². The van der Waals surface area contributed by atoms with Crippen molar-refractivity contribution in [3.8, 4) is 10.6 Å². The Kier molecular flexibility index (Phi) is 7.70. The molecule has 1 aliphatic rings. The first-order valence-electron chi connectivity index (χ1n) is 11.0. The Labute approximate surface area is 192 Å². The Morgan fingerprint density at radius 3 is 2.66 bits per heavy atom. The van der Waals surface area contributed by atoms with Gasteiger partial charge >= 0.3 is 0 Å². The zero-order valence-corrected chi connectivity index (χ0v) is 18.9. The fraction of sp³-hybridized carbons (Fsp3) is 0.417. The van der Waals surface area contributed by atoms with Crippen molar-refractivity contribution in [2.24, 2.45) is 11.7 Å². The number of nitrogens with zero attached hydrogens (tertiary/aromatic N) is 3. The molecule has 0 saturated carbocycles. The molecule has 8 heteroatoms. The van der Waals surface area contributed by atoms with Crippen molar-refractivity contribution in [3.05, 3.63) is 65.5 Å². The zero-order valence-electron chi connectivity index (χ0n) is 18.1. The molecule has 4 heterocycles. The summed E-state index contributed by atoms with van der Waals surface area (Å²) in [6.45, 7) is 4.91. The summed E-state index contributed by atoms with van der Waals surface area (Å²) in [4.78, 5) is 21.7. The number of aliphatic hydroxyl groups is 1. The average Bonchev–Trinajstić information content (AvgIpc) is 3.47. The molecular weight excluding hydrogens is 424 g/mol. The number of carbonyl (C=O) groups excluding carboxylic acids is 1. The molecule has 1 saturated heterocycles. The average molecular weight is 455 g/mol. The smallest absolute Gasteiger partial charge is 0.220 e. The fourth-order valence-electron chi connectivity index (χ4n) is 4.17. The van der Waals surface area contributed by atoms with Crippen LogP contribution in [0.5, 0.6) is 0 Å². The predicted molar refractivity (Wildman–Crippen MR) is 125 cm³/mol. The van der Waals surface area contributed by atoms with Crippen LogP contribution in [0.25, 0.3) is 10.6 Å². The summed E-state index contributed by atoms with van der Waals surface area (Å²) in [5.74, 6) is 1.12. The molecule has 3 N–H and O–H groups in total.